The van der Waals surface area contributed by atoms with Gasteiger partial charge in [-0.3, -0.25) is 4.79 Å². The van der Waals surface area contributed by atoms with Crippen molar-refractivity contribution < 1.29 is 23.1 Å². The van der Waals surface area contributed by atoms with E-state index in [9.17, 15) is 23.1 Å². The number of hydrogen-bond acceptors (Lipinski definition) is 4. The molecular weight excluding hydrogens is 289 g/mol. The van der Waals surface area contributed by atoms with E-state index in [1.807, 2.05) is 0 Å². The predicted molar refractivity (Wildman–Crippen MR) is 66.0 cm³/mol. The van der Waals surface area contributed by atoms with Crippen LogP contribution in [0.4, 0.5) is 13.2 Å². The number of amides is 1. The van der Waals surface area contributed by atoms with Crippen molar-refractivity contribution in [2.75, 3.05) is 6.54 Å². The van der Waals surface area contributed by atoms with Gasteiger partial charge in [-0.15, -0.1) is 10.2 Å². The van der Waals surface area contributed by atoms with Crippen LogP contribution in [0.15, 0.2) is 0 Å². The van der Waals surface area contributed by atoms with Crippen molar-refractivity contribution in [2.24, 2.45) is 5.92 Å². The summed E-state index contributed by atoms with van der Waals surface area (Å²) in [6.45, 7) is 3.93. The second-order valence-corrected chi connectivity index (χ2v) is 5.42. The van der Waals surface area contributed by atoms with E-state index >= 15 is 0 Å². The molecule has 1 amide bonds. The zero-order chi connectivity index (χ0) is 15.8. The van der Waals surface area contributed by atoms with Gasteiger partial charge in [-0.1, -0.05) is 13.8 Å². The highest BCUT2D eigenvalue weighted by Crippen LogP contribution is 2.22. The molecule has 1 aromatic rings. The first-order valence-electron chi connectivity index (χ1n) is 6.63. The van der Waals surface area contributed by atoms with Crippen molar-refractivity contribution in [3.63, 3.8) is 0 Å². The molecule has 0 radical (unpaired) electrons. The van der Waals surface area contributed by atoms with Gasteiger partial charge in [0.05, 0.1) is 6.54 Å². The number of aromatic nitrogens is 3. The third kappa shape index (κ3) is 3.52. The van der Waals surface area contributed by atoms with E-state index in [0.717, 1.165) is 0 Å². The van der Waals surface area contributed by atoms with E-state index in [-0.39, 0.29) is 31.4 Å². The van der Waals surface area contributed by atoms with Crippen LogP contribution < -0.4 is 0 Å². The highest BCUT2D eigenvalue weighted by Gasteiger charge is 2.34. The lowest BCUT2D eigenvalue weighted by Gasteiger charge is -2.30. The van der Waals surface area contributed by atoms with Crippen LogP contribution in [0.25, 0.3) is 0 Å². The minimum Gasteiger partial charge on any atom is -0.383 e. The van der Waals surface area contributed by atoms with Crippen LogP contribution >= 0.6 is 0 Å². The zero-order valence-electron chi connectivity index (χ0n) is 11.8. The Hall–Kier alpha value is -1.64. The van der Waals surface area contributed by atoms with Crippen molar-refractivity contribution in [3.05, 3.63) is 11.6 Å². The fourth-order valence-electron chi connectivity index (χ4n) is 2.19. The average molecular weight is 306 g/mol. The summed E-state index contributed by atoms with van der Waals surface area (Å²) < 4.78 is 38.6. The van der Waals surface area contributed by atoms with Crippen molar-refractivity contribution >= 4 is 5.91 Å². The number of carbonyl (C=O) groups excluding carboxylic acids is 1. The van der Waals surface area contributed by atoms with E-state index in [1.165, 1.54) is 9.47 Å². The number of rotatable bonds is 3. The highest BCUT2D eigenvalue weighted by molar-refractivity contribution is 5.80. The van der Waals surface area contributed by atoms with Gasteiger partial charge in [0.15, 0.2) is 5.82 Å². The first kappa shape index (κ1) is 15.7. The monoisotopic (exact) mass is 306 g/mol. The number of alkyl halides is 3. The molecule has 0 bridgehead atoms. The van der Waals surface area contributed by atoms with E-state index < -0.39 is 24.6 Å². The van der Waals surface area contributed by atoms with E-state index in [2.05, 4.69) is 10.2 Å². The molecule has 6 nitrogen and oxygen atoms in total. The summed E-state index contributed by atoms with van der Waals surface area (Å²) in [5.41, 5.74) is 0. The van der Waals surface area contributed by atoms with E-state index in [0.29, 0.717) is 5.82 Å². The van der Waals surface area contributed by atoms with Crippen molar-refractivity contribution in [2.45, 2.75) is 45.6 Å². The minimum atomic E-state index is -4.34. The molecule has 0 unspecified atom stereocenters. The second-order valence-electron chi connectivity index (χ2n) is 5.42. The van der Waals surface area contributed by atoms with Crippen molar-refractivity contribution in [3.8, 4) is 0 Å². The number of fused-ring (bicyclic) bond motifs is 1. The smallest absolute Gasteiger partial charge is 0.383 e. The number of aliphatic hydroxyl groups excluding tert-OH is 1. The van der Waals surface area contributed by atoms with Gasteiger partial charge < -0.3 is 14.6 Å². The van der Waals surface area contributed by atoms with Crippen LogP contribution in [0.1, 0.15) is 25.5 Å². The van der Waals surface area contributed by atoms with Crippen LogP contribution in [-0.4, -0.2) is 49.5 Å². The molecule has 2 rings (SSSR count). The van der Waals surface area contributed by atoms with Crippen LogP contribution in [0, 0.1) is 5.92 Å². The number of halogens is 3. The van der Waals surface area contributed by atoms with Gasteiger partial charge in [0.25, 0.3) is 5.91 Å². The van der Waals surface area contributed by atoms with E-state index in [4.69, 9.17) is 0 Å². The number of carbonyl (C=O) groups is 1. The Kier molecular flexibility index (Phi) is 4.22. The summed E-state index contributed by atoms with van der Waals surface area (Å²) in [6.07, 6.45) is -6.60. The van der Waals surface area contributed by atoms with Gasteiger partial charge in [0, 0.05) is 13.1 Å². The molecule has 0 fully saturated rings. The normalized spacial score (nSPS) is 17.0. The Bertz CT molecular complexity index is 527. The van der Waals surface area contributed by atoms with Crippen LogP contribution in [-0.2, 0) is 24.3 Å². The maximum Gasteiger partial charge on any atom is 0.396 e. The molecule has 0 saturated carbocycles. The van der Waals surface area contributed by atoms with Gasteiger partial charge in [-0.25, -0.2) is 0 Å². The van der Waals surface area contributed by atoms with Crippen LogP contribution in [0.2, 0.25) is 0 Å². The number of hydrogen-bond donors (Lipinski definition) is 1. The molecule has 2 heterocycles. The molecule has 1 aliphatic heterocycles. The average Bonchev–Trinajstić information content (AvgIpc) is 2.77. The van der Waals surface area contributed by atoms with Gasteiger partial charge >= 0.3 is 6.18 Å². The van der Waals surface area contributed by atoms with Gasteiger partial charge in [0.1, 0.15) is 18.3 Å². The molecule has 0 aromatic carbocycles. The Morgan fingerprint density at radius 1 is 1.33 bits per heavy atom. The second kappa shape index (κ2) is 5.63. The zero-order valence-corrected chi connectivity index (χ0v) is 11.8. The minimum absolute atomic E-state index is 0.0630. The summed E-state index contributed by atoms with van der Waals surface area (Å²) in [4.78, 5) is 13.4. The Morgan fingerprint density at radius 2 is 2.00 bits per heavy atom. The van der Waals surface area contributed by atoms with Crippen molar-refractivity contribution in [1.82, 2.24) is 19.7 Å². The Labute approximate surface area is 119 Å². The van der Waals surface area contributed by atoms with Gasteiger partial charge in [0.2, 0.25) is 0 Å². The van der Waals surface area contributed by atoms with Gasteiger partial charge in [-0.05, 0) is 5.92 Å². The lowest BCUT2D eigenvalue weighted by molar-refractivity contribution is -0.144. The molecule has 0 saturated heterocycles. The molecule has 0 spiro atoms. The lowest BCUT2D eigenvalue weighted by atomic mass is 10.1. The lowest BCUT2D eigenvalue weighted by Crippen LogP contribution is -2.45. The van der Waals surface area contributed by atoms with Crippen LogP contribution in [0.5, 0.6) is 0 Å². The molecule has 0 aliphatic carbocycles. The summed E-state index contributed by atoms with van der Waals surface area (Å²) in [6, 6.07) is 0. The van der Waals surface area contributed by atoms with E-state index in [1.54, 1.807) is 13.8 Å². The first-order chi connectivity index (χ1) is 9.69. The predicted octanol–water partition coefficient (Wildman–Crippen LogP) is 0.742. The molecule has 21 heavy (non-hydrogen) atoms. The fraction of sp³-hybridized carbons (Fsp3) is 0.750. The summed E-state index contributed by atoms with van der Waals surface area (Å²) in [7, 11) is 0. The van der Waals surface area contributed by atoms with Crippen LogP contribution in [0.3, 0.4) is 0 Å². The maximum absolute atomic E-state index is 12.4. The summed E-state index contributed by atoms with van der Waals surface area (Å²) in [5, 5.41) is 17.0. The standard InChI is InChI=1S/C12H17F3N4O2/c1-7(2)10(20)11(21)18-3-4-19-8(5-12(13,14)15)16-17-9(19)6-18/h7,10,20H,3-6H2,1-2H3/t10-/m0/s1. The highest BCUT2D eigenvalue weighted by atomic mass is 19.4. The largest absolute Gasteiger partial charge is 0.396 e. The number of aliphatic hydroxyl groups is 1. The molecular formula is C12H17F3N4O2. The topological polar surface area (TPSA) is 71.2 Å². The Balaban J connectivity index is 2.10. The SMILES string of the molecule is CC(C)[C@H](O)C(=O)N1CCn2c(nnc2CC(F)(F)F)C1. The maximum atomic E-state index is 12.4. The molecule has 118 valence electrons. The Morgan fingerprint density at radius 3 is 2.57 bits per heavy atom. The quantitative estimate of drug-likeness (QED) is 0.894. The number of nitrogens with zero attached hydrogens (tertiary/aromatic N) is 4. The fourth-order valence-corrected chi connectivity index (χ4v) is 2.19. The van der Waals surface area contributed by atoms with Crippen molar-refractivity contribution in [1.29, 1.82) is 0 Å². The summed E-state index contributed by atoms with van der Waals surface area (Å²) >= 11 is 0. The third-order valence-electron chi connectivity index (χ3n) is 3.38. The summed E-state index contributed by atoms with van der Waals surface area (Å²) in [5.74, 6) is -0.492. The first-order valence-corrected chi connectivity index (χ1v) is 6.63. The molecule has 1 aromatic heterocycles. The molecule has 9 heteroatoms. The molecule has 1 aliphatic rings. The van der Waals surface area contributed by atoms with Gasteiger partial charge in [-0.2, -0.15) is 13.2 Å². The third-order valence-corrected chi connectivity index (χ3v) is 3.38. The molecule has 1 atom stereocenters. The molecule has 1 N–H and O–H groups in total.